The minimum atomic E-state index is 0.689. The first-order valence-corrected chi connectivity index (χ1v) is 3.00. The Morgan fingerprint density at radius 2 is 2.20 bits per heavy atom. The van der Waals surface area contributed by atoms with Crippen molar-refractivity contribution >= 4 is 13.3 Å². The van der Waals surface area contributed by atoms with Gasteiger partial charge in [-0.1, -0.05) is 17.6 Å². The lowest BCUT2D eigenvalue weighted by Gasteiger charge is -1.96. The Balaban J connectivity index is 3.23. The van der Waals surface area contributed by atoms with E-state index in [-0.39, 0.29) is 0 Å². The molecule has 0 unspecified atom stereocenters. The Labute approximate surface area is 61.7 Å². The molecule has 2 heteroatoms. The molecule has 10 heavy (non-hydrogen) atoms. The molecule has 2 radical (unpaired) electrons. The SMILES string of the molecule is [B]c1ccc(C#N)c(C)c1. The third kappa shape index (κ3) is 1.19. The lowest BCUT2D eigenvalue weighted by atomic mass is 9.93. The van der Waals surface area contributed by atoms with Crippen LogP contribution in [0.15, 0.2) is 18.2 Å². The van der Waals surface area contributed by atoms with Gasteiger partial charge in [0.1, 0.15) is 7.85 Å². The fraction of sp³-hybridized carbons (Fsp3) is 0.125. The molecule has 46 valence electrons. The van der Waals surface area contributed by atoms with E-state index in [1.807, 2.05) is 6.92 Å². The Kier molecular flexibility index (Phi) is 1.77. The molecule has 0 bridgehead atoms. The molecule has 0 aromatic heterocycles. The molecule has 0 atom stereocenters. The maximum Gasteiger partial charge on any atom is 0.113 e. The second kappa shape index (κ2) is 2.57. The van der Waals surface area contributed by atoms with Crippen molar-refractivity contribution in [1.82, 2.24) is 0 Å². The zero-order valence-electron chi connectivity index (χ0n) is 5.76. The molecule has 1 aromatic carbocycles. The van der Waals surface area contributed by atoms with Gasteiger partial charge in [-0.3, -0.25) is 0 Å². The largest absolute Gasteiger partial charge is 0.192 e. The van der Waals surface area contributed by atoms with Crippen LogP contribution in [0.5, 0.6) is 0 Å². The zero-order chi connectivity index (χ0) is 7.56. The molecule has 0 heterocycles. The highest BCUT2D eigenvalue weighted by Gasteiger charge is 1.93. The van der Waals surface area contributed by atoms with Gasteiger partial charge in [0.15, 0.2) is 0 Å². The monoisotopic (exact) mass is 127 g/mol. The van der Waals surface area contributed by atoms with Crippen LogP contribution in [0.25, 0.3) is 0 Å². The summed E-state index contributed by atoms with van der Waals surface area (Å²) in [6.07, 6.45) is 0. The lowest BCUT2D eigenvalue weighted by Crippen LogP contribution is -2.02. The first-order valence-electron chi connectivity index (χ1n) is 3.00. The zero-order valence-corrected chi connectivity index (χ0v) is 5.76. The van der Waals surface area contributed by atoms with E-state index < -0.39 is 0 Å². The van der Waals surface area contributed by atoms with Crippen LogP contribution >= 0.6 is 0 Å². The standard InChI is InChI=1S/C8H6BN/c1-6-4-8(9)3-2-7(6)5-10/h2-4H,1H3. The van der Waals surface area contributed by atoms with Gasteiger partial charge in [-0.25, -0.2) is 0 Å². The number of benzene rings is 1. The second-order valence-corrected chi connectivity index (χ2v) is 2.19. The molecule has 0 N–H and O–H groups in total. The van der Waals surface area contributed by atoms with Crippen molar-refractivity contribution in [3.63, 3.8) is 0 Å². The maximum absolute atomic E-state index is 8.52. The molecular weight excluding hydrogens is 121 g/mol. The number of nitrogens with zero attached hydrogens (tertiary/aromatic N) is 1. The molecule has 0 amide bonds. The summed E-state index contributed by atoms with van der Waals surface area (Å²) in [7, 11) is 5.47. The van der Waals surface area contributed by atoms with E-state index in [0.29, 0.717) is 11.0 Å². The van der Waals surface area contributed by atoms with E-state index in [4.69, 9.17) is 13.1 Å². The van der Waals surface area contributed by atoms with Crippen LogP contribution in [-0.4, -0.2) is 7.85 Å². The van der Waals surface area contributed by atoms with Gasteiger partial charge in [0.2, 0.25) is 0 Å². The Hall–Kier alpha value is -1.23. The van der Waals surface area contributed by atoms with Crippen molar-refractivity contribution in [1.29, 1.82) is 5.26 Å². The molecule has 0 aliphatic rings. The van der Waals surface area contributed by atoms with Crippen LogP contribution in [0.4, 0.5) is 0 Å². The van der Waals surface area contributed by atoms with Crippen LogP contribution in [0, 0.1) is 18.3 Å². The van der Waals surface area contributed by atoms with Crippen molar-refractivity contribution < 1.29 is 0 Å². The lowest BCUT2D eigenvalue weighted by molar-refractivity contribution is 1.41. The smallest absolute Gasteiger partial charge is 0.113 e. The normalized spacial score (nSPS) is 8.80. The summed E-state index contributed by atoms with van der Waals surface area (Å²) in [5.41, 5.74) is 2.33. The summed E-state index contributed by atoms with van der Waals surface area (Å²) in [5.74, 6) is 0. The van der Waals surface area contributed by atoms with E-state index in [1.54, 1.807) is 18.2 Å². The number of aryl methyl sites for hydroxylation is 1. The summed E-state index contributed by atoms with van der Waals surface area (Å²) in [6.45, 7) is 1.87. The number of rotatable bonds is 0. The third-order valence-corrected chi connectivity index (χ3v) is 1.37. The fourth-order valence-corrected chi connectivity index (χ4v) is 0.812. The summed E-state index contributed by atoms with van der Waals surface area (Å²) in [4.78, 5) is 0. The Morgan fingerprint density at radius 1 is 1.50 bits per heavy atom. The molecule has 1 rings (SSSR count). The summed E-state index contributed by atoms with van der Waals surface area (Å²) in [6, 6.07) is 7.31. The van der Waals surface area contributed by atoms with Crippen molar-refractivity contribution in [2.75, 3.05) is 0 Å². The quantitative estimate of drug-likeness (QED) is 0.469. The molecule has 0 saturated heterocycles. The van der Waals surface area contributed by atoms with Gasteiger partial charge >= 0.3 is 0 Å². The molecule has 1 nitrogen and oxygen atoms in total. The highest BCUT2D eigenvalue weighted by atomic mass is 14.2. The van der Waals surface area contributed by atoms with Crippen molar-refractivity contribution in [3.05, 3.63) is 29.3 Å². The summed E-state index contributed by atoms with van der Waals surface area (Å²) < 4.78 is 0. The summed E-state index contributed by atoms with van der Waals surface area (Å²) >= 11 is 0. The van der Waals surface area contributed by atoms with E-state index in [2.05, 4.69) is 6.07 Å². The highest BCUT2D eigenvalue weighted by Crippen LogP contribution is 2.01. The first kappa shape index (κ1) is 6.89. The van der Waals surface area contributed by atoms with E-state index in [1.165, 1.54) is 0 Å². The minimum Gasteiger partial charge on any atom is -0.192 e. The summed E-state index contributed by atoms with van der Waals surface area (Å²) in [5, 5.41) is 8.52. The third-order valence-electron chi connectivity index (χ3n) is 1.37. The highest BCUT2D eigenvalue weighted by molar-refractivity contribution is 6.32. The predicted octanol–water partition coefficient (Wildman–Crippen LogP) is 0.660. The van der Waals surface area contributed by atoms with Gasteiger partial charge in [-0.05, 0) is 18.6 Å². The Bertz CT molecular complexity index is 286. The molecular formula is C8H6BN. The van der Waals surface area contributed by atoms with Crippen LogP contribution in [0.3, 0.4) is 0 Å². The molecule has 1 aromatic rings. The topological polar surface area (TPSA) is 23.8 Å². The van der Waals surface area contributed by atoms with Gasteiger partial charge in [-0.15, -0.1) is 0 Å². The van der Waals surface area contributed by atoms with E-state index in [9.17, 15) is 0 Å². The van der Waals surface area contributed by atoms with Crippen LogP contribution in [0.1, 0.15) is 11.1 Å². The molecule has 0 aliphatic heterocycles. The van der Waals surface area contributed by atoms with Gasteiger partial charge < -0.3 is 0 Å². The number of nitriles is 1. The van der Waals surface area contributed by atoms with Crippen LogP contribution < -0.4 is 5.46 Å². The number of hydrogen-bond donors (Lipinski definition) is 0. The fourth-order valence-electron chi connectivity index (χ4n) is 0.812. The molecule has 0 aliphatic carbocycles. The Morgan fingerprint density at radius 3 is 2.70 bits per heavy atom. The van der Waals surface area contributed by atoms with Gasteiger partial charge in [0.05, 0.1) is 11.6 Å². The molecule has 0 spiro atoms. The molecule has 0 fully saturated rings. The van der Waals surface area contributed by atoms with Crippen LogP contribution in [-0.2, 0) is 0 Å². The van der Waals surface area contributed by atoms with Gasteiger partial charge in [0.25, 0.3) is 0 Å². The maximum atomic E-state index is 8.52. The predicted molar refractivity (Wildman–Crippen MR) is 41.3 cm³/mol. The van der Waals surface area contributed by atoms with Crippen molar-refractivity contribution in [2.45, 2.75) is 6.92 Å². The van der Waals surface area contributed by atoms with E-state index in [0.717, 1.165) is 5.56 Å². The van der Waals surface area contributed by atoms with Gasteiger partial charge in [0, 0.05) is 0 Å². The van der Waals surface area contributed by atoms with Gasteiger partial charge in [-0.2, -0.15) is 5.26 Å². The average Bonchev–Trinajstić information content (AvgIpc) is 1.88. The minimum absolute atomic E-state index is 0.689. The number of hydrogen-bond acceptors (Lipinski definition) is 1. The second-order valence-electron chi connectivity index (χ2n) is 2.19. The average molecular weight is 127 g/mol. The van der Waals surface area contributed by atoms with Crippen LogP contribution in [0.2, 0.25) is 0 Å². The van der Waals surface area contributed by atoms with Crippen molar-refractivity contribution in [2.24, 2.45) is 0 Å². The molecule has 0 saturated carbocycles. The van der Waals surface area contributed by atoms with E-state index >= 15 is 0 Å². The first-order chi connectivity index (χ1) is 4.74. The van der Waals surface area contributed by atoms with Crippen molar-refractivity contribution in [3.8, 4) is 6.07 Å².